The van der Waals surface area contributed by atoms with E-state index in [0.29, 0.717) is 9.04 Å². The van der Waals surface area contributed by atoms with Crippen LogP contribution in [0.15, 0.2) is 35.1 Å². The van der Waals surface area contributed by atoms with Gasteiger partial charge in [-0.1, -0.05) is 0 Å². The fraction of sp³-hybridized carbons (Fsp3) is 0.167. The zero-order valence-electron chi connectivity index (χ0n) is 9.96. The molecule has 106 valence electrons. The Kier molecular flexibility index (Phi) is 4.33. The Labute approximate surface area is 120 Å². The largest absolute Gasteiger partial charge is 0.484 e. The molecule has 0 aliphatic heterocycles. The van der Waals surface area contributed by atoms with Crippen LogP contribution in [0.5, 0.6) is 5.75 Å². The lowest BCUT2D eigenvalue weighted by molar-refractivity contribution is 0.0632. The van der Waals surface area contributed by atoms with Crippen LogP contribution in [0.25, 0.3) is 0 Å². The second-order valence-electron chi connectivity index (χ2n) is 3.77. The van der Waals surface area contributed by atoms with Crippen LogP contribution >= 0.6 is 15.9 Å². The third-order valence-corrected chi connectivity index (χ3v) is 3.15. The number of nitrogens with zero attached hydrogens (tertiary/aromatic N) is 2. The molecule has 2 aromatic rings. The van der Waals surface area contributed by atoms with Crippen LogP contribution in [0.2, 0.25) is 0 Å². The number of alkyl halides is 2. The molecule has 0 saturated carbocycles. The molecule has 0 unspecified atom stereocenters. The number of carboxylic acids is 1. The van der Waals surface area contributed by atoms with E-state index in [2.05, 4.69) is 20.9 Å². The van der Waals surface area contributed by atoms with Gasteiger partial charge in [-0.2, -0.15) is 8.78 Å². The predicted molar refractivity (Wildman–Crippen MR) is 68.9 cm³/mol. The molecule has 1 N–H and O–H groups in total. The lowest BCUT2D eigenvalue weighted by Crippen LogP contribution is -2.08. The highest BCUT2D eigenvalue weighted by atomic mass is 79.9. The zero-order valence-corrected chi connectivity index (χ0v) is 11.5. The smallest absolute Gasteiger partial charge is 0.335 e. The van der Waals surface area contributed by atoms with Gasteiger partial charge in [-0.05, 0) is 34.1 Å². The van der Waals surface area contributed by atoms with Crippen molar-refractivity contribution in [3.8, 4) is 5.75 Å². The minimum Gasteiger partial charge on any atom is -0.484 e. The van der Waals surface area contributed by atoms with E-state index in [0.717, 1.165) is 6.20 Å². The highest BCUT2D eigenvalue weighted by Gasteiger charge is 2.13. The number of halogens is 3. The Hall–Kier alpha value is -1.96. The summed E-state index contributed by atoms with van der Waals surface area (Å²) in [4.78, 5) is 14.6. The standard InChI is InChI=1S/C12H9BrF2N2O3/c13-8-2-1-7(11(18)19)5-9(8)20-6-10-16-3-4-17(10)12(14)15/h1-5,12H,6H2,(H,18,19). The third-order valence-electron chi connectivity index (χ3n) is 2.49. The maximum Gasteiger partial charge on any atom is 0.335 e. The van der Waals surface area contributed by atoms with Gasteiger partial charge in [0, 0.05) is 12.4 Å². The molecule has 0 atom stereocenters. The summed E-state index contributed by atoms with van der Waals surface area (Å²) in [6.07, 6.45) is 2.39. The number of aromatic nitrogens is 2. The molecule has 2 rings (SSSR count). The fourth-order valence-corrected chi connectivity index (χ4v) is 1.88. The van der Waals surface area contributed by atoms with Gasteiger partial charge in [0.25, 0.3) is 0 Å². The van der Waals surface area contributed by atoms with Gasteiger partial charge in [-0.25, -0.2) is 9.78 Å². The second-order valence-corrected chi connectivity index (χ2v) is 4.62. The van der Waals surface area contributed by atoms with Crippen molar-refractivity contribution in [3.63, 3.8) is 0 Å². The van der Waals surface area contributed by atoms with E-state index in [4.69, 9.17) is 9.84 Å². The topological polar surface area (TPSA) is 64.3 Å². The number of benzene rings is 1. The number of rotatable bonds is 5. The van der Waals surface area contributed by atoms with Crippen molar-refractivity contribution in [2.75, 3.05) is 0 Å². The lowest BCUT2D eigenvalue weighted by Gasteiger charge is -2.10. The molecule has 20 heavy (non-hydrogen) atoms. The molecule has 0 spiro atoms. The van der Waals surface area contributed by atoms with Crippen LogP contribution in [0.1, 0.15) is 22.7 Å². The van der Waals surface area contributed by atoms with E-state index in [1.807, 2.05) is 0 Å². The summed E-state index contributed by atoms with van der Waals surface area (Å²) in [5.74, 6) is -0.808. The van der Waals surface area contributed by atoms with E-state index in [9.17, 15) is 13.6 Å². The van der Waals surface area contributed by atoms with Gasteiger partial charge >= 0.3 is 12.5 Å². The summed E-state index contributed by atoms with van der Waals surface area (Å²) in [5.41, 5.74) is 0.0420. The molecule has 0 amide bonds. The molecule has 0 saturated heterocycles. The monoisotopic (exact) mass is 346 g/mol. The van der Waals surface area contributed by atoms with Gasteiger partial charge in [0.05, 0.1) is 10.0 Å². The van der Waals surface area contributed by atoms with Crippen LogP contribution in [0.4, 0.5) is 8.78 Å². The van der Waals surface area contributed by atoms with Crippen LogP contribution in [0, 0.1) is 0 Å². The number of aromatic carboxylic acids is 1. The van der Waals surface area contributed by atoms with Crippen LogP contribution in [-0.4, -0.2) is 20.6 Å². The maximum absolute atomic E-state index is 12.6. The minimum atomic E-state index is -2.70. The van der Waals surface area contributed by atoms with Crippen LogP contribution in [0.3, 0.4) is 0 Å². The van der Waals surface area contributed by atoms with Crippen LogP contribution in [-0.2, 0) is 6.61 Å². The van der Waals surface area contributed by atoms with E-state index in [-0.39, 0.29) is 23.7 Å². The molecular weight excluding hydrogens is 338 g/mol. The van der Waals surface area contributed by atoms with Gasteiger partial charge in [0.2, 0.25) is 0 Å². The quantitative estimate of drug-likeness (QED) is 0.901. The van der Waals surface area contributed by atoms with Crippen molar-refractivity contribution < 1.29 is 23.4 Å². The molecule has 0 radical (unpaired) electrons. The first-order chi connectivity index (χ1) is 9.49. The van der Waals surface area contributed by atoms with Crippen molar-refractivity contribution >= 4 is 21.9 Å². The van der Waals surface area contributed by atoms with Crippen molar-refractivity contribution in [1.82, 2.24) is 9.55 Å². The van der Waals surface area contributed by atoms with Crippen molar-refractivity contribution in [2.45, 2.75) is 13.2 Å². The first-order valence-corrected chi connectivity index (χ1v) is 6.24. The first-order valence-electron chi connectivity index (χ1n) is 5.44. The van der Waals surface area contributed by atoms with Crippen molar-refractivity contribution in [3.05, 3.63) is 46.5 Å². The molecule has 1 aromatic heterocycles. The molecule has 0 bridgehead atoms. The highest BCUT2D eigenvalue weighted by Crippen LogP contribution is 2.27. The number of carboxylic acid groups (broad SMARTS) is 1. The summed E-state index contributed by atoms with van der Waals surface area (Å²) in [7, 11) is 0. The third kappa shape index (κ3) is 3.13. The summed E-state index contributed by atoms with van der Waals surface area (Å²) < 4.78 is 31.8. The number of imidazole rings is 1. The summed E-state index contributed by atoms with van der Waals surface area (Å²) >= 11 is 3.20. The normalized spacial score (nSPS) is 10.8. The number of hydrogen-bond acceptors (Lipinski definition) is 3. The van der Waals surface area contributed by atoms with Crippen LogP contribution < -0.4 is 4.74 Å². The Morgan fingerprint density at radius 1 is 1.50 bits per heavy atom. The zero-order chi connectivity index (χ0) is 14.7. The molecular formula is C12H9BrF2N2O3. The molecule has 0 aliphatic carbocycles. The second kappa shape index (κ2) is 6.00. The van der Waals surface area contributed by atoms with Gasteiger partial charge in [-0.15, -0.1) is 0 Å². The van der Waals surface area contributed by atoms with Crippen molar-refractivity contribution in [1.29, 1.82) is 0 Å². The Balaban J connectivity index is 2.16. The van der Waals surface area contributed by atoms with E-state index in [1.54, 1.807) is 0 Å². The van der Waals surface area contributed by atoms with E-state index in [1.165, 1.54) is 24.4 Å². The molecule has 8 heteroatoms. The number of carbonyl (C=O) groups is 1. The van der Waals surface area contributed by atoms with Gasteiger partial charge in [0.1, 0.15) is 12.4 Å². The average molecular weight is 347 g/mol. The molecule has 1 heterocycles. The first kappa shape index (κ1) is 14.4. The maximum atomic E-state index is 12.6. The van der Waals surface area contributed by atoms with E-state index < -0.39 is 12.5 Å². The average Bonchev–Trinajstić information content (AvgIpc) is 2.86. The summed E-state index contributed by atoms with van der Waals surface area (Å²) in [6, 6.07) is 4.22. The number of ether oxygens (including phenoxy) is 1. The van der Waals surface area contributed by atoms with Gasteiger partial charge in [0.15, 0.2) is 5.82 Å². The highest BCUT2D eigenvalue weighted by molar-refractivity contribution is 9.10. The Bertz CT molecular complexity index is 631. The van der Waals surface area contributed by atoms with Gasteiger partial charge < -0.3 is 9.84 Å². The lowest BCUT2D eigenvalue weighted by atomic mass is 10.2. The van der Waals surface area contributed by atoms with Crippen molar-refractivity contribution in [2.24, 2.45) is 0 Å². The van der Waals surface area contributed by atoms with E-state index >= 15 is 0 Å². The summed E-state index contributed by atoms with van der Waals surface area (Å²) in [6.45, 7) is -2.90. The predicted octanol–water partition coefficient (Wildman–Crippen LogP) is 3.32. The molecule has 0 fully saturated rings. The molecule has 0 aliphatic rings. The Morgan fingerprint density at radius 2 is 2.25 bits per heavy atom. The molecule has 5 nitrogen and oxygen atoms in total. The summed E-state index contributed by atoms with van der Waals surface area (Å²) in [5, 5.41) is 8.88. The number of hydrogen-bond donors (Lipinski definition) is 1. The van der Waals surface area contributed by atoms with Gasteiger partial charge in [-0.3, -0.25) is 4.57 Å². The fourth-order valence-electron chi connectivity index (χ4n) is 1.52. The Morgan fingerprint density at radius 3 is 2.90 bits per heavy atom. The molecule has 1 aromatic carbocycles. The SMILES string of the molecule is O=C(O)c1ccc(Br)c(OCc2nccn2C(F)F)c1. The minimum absolute atomic E-state index is 0.0420.